The molecule has 1 heterocycles. The van der Waals surface area contributed by atoms with Gasteiger partial charge in [0.1, 0.15) is 0 Å². The number of likely N-dealkylation sites (tertiary alicyclic amines) is 1. The second-order valence-electron chi connectivity index (χ2n) is 4.95. The first-order valence-electron chi connectivity index (χ1n) is 7.23. The SMILES string of the molecule is CCCCCCC(=O)N1CCC(OCCCl)CC1. The summed E-state index contributed by atoms with van der Waals surface area (Å²) in [4.78, 5) is 13.9. The van der Waals surface area contributed by atoms with E-state index in [0.29, 0.717) is 30.9 Å². The average molecular weight is 276 g/mol. The highest BCUT2D eigenvalue weighted by molar-refractivity contribution is 6.17. The molecule has 1 amide bonds. The van der Waals surface area contributed by atoms with Crippen molar-refractivity contribution in [1.82, 2.24) is 4.90 Å². The lowest BCUT2D eigenvalue weighted by Gasteiger charge is -2.32. The molecule has 0 atom stereocenters. The number of piperidine rings is 1. The highest BCUT2D eigenvalue weighted by atomic mass is 35.5. The molecule has 4 heteroatoms. The van der Waals surface area contributed by atoms with Crippen LogP contribution in [-0.4, -0.2) is 42.5 Å². The molecule has 0 aromatic rings. The van der Waals surface area contributed by atoms with Gasteiger partial charge in [0.25, 0.3) is 0 Å². The molecule has 0 unspecified atom stereocenters. The Hall–Kier alpha value is -0.280. The van der Waals surface area contributed by atoms with E-state index in [0.717, 1.165) is 32.4 Å². The third kappa shape index (κ3) is 6.05. The van der Waals surface area contributed by atoms with Crippen LogP contribution in [-0.2, 0) is 9.53 Å². The van der Waals surface area contributed by atoms with Gasteiger partial charge in [-0.15, -0.1) is 11.6 Å². The molecule has 1 fully saturated rings. The number of ether oxygens (including phenoxy) is 1. The summed E-state index contributed by atoms with van der Waals surface area (Å²) in [7, 11) is 0. The largest absolute Gasteiger partial charge is 0.377 e. The summed E-state index contributed by atoms with van der Waals surface area (Å²) in [6, 6.07) is 0. The van der Waals surface area contributed by atoms with Crippen LogP contribution < -0.4 is 0 Å². The molecule has 0 aromatic carbocycles. The standard InChI is InChI=1S/C14H26ClNO2/c1-2-3-4-5-6-14(17)16-10-7-13(8-11-16)18-12-9-15/h13H,2-12H2,1H3. The third-order valence-electron chi connectivity index (χ3n) is 3.47. The topological polar surface area (TPSA) is 29.5 Å². The summed E-state index contributed by atoms with van der Waals surface area (Å²) in [5, 5.41) is 0. The number of rotatable bonds is 8. The summed E-state index contributed by atoms with van der Waals surface area (Å²) in [5.74, 6) is 0.873. The monoisotopic (exact) mass is 275 g/mol. The van der Waals surface area contributed by atoms with Crippen LogP contribution in [0.1, 0.15) is 51.9 Å². The fourth-order valence-electron chi connectivity index (χ4n) is 2.34. The summed E-state index contributed by atoms with van der Waals surface area (Å²) in [5.41, 5.74) is 0. The van der Waals surface area contributed by atoms with Gasteiger partial charge in [0.05, 0.1) is 12.7 Å². The summed E-state index contributed by atoms with van der Waals surface area (Å²) >= 11 is 5.59. The van der Waals surface area contributed by atoms with Crippen LogP contribution in [0.3, 0.4) is 0 Å². The van der Waals surface area contributed by atoms with Crippen molar-refractivity contribution >= 4 is 17.5 Å². The van der Waals surface area contributed by atoms with Gasteiger partial charge in [-0.3, -0.25) is 4.79 Å². The molecule has 0 radical (unpaired) electrons. The minimum Gasteiger partial charge on any atom is -0.377 e. The molecule has 3 nitrogen and oxygen atoms in total. The molecular weight excluding hydrogens is 250 g/mol. The lowest BCUT2D eigenvalue weighted by molar-refractivity contribution is -0.133. The number of alkyl halides is 1. The third-order valence-corrected chi connectivity index (χ3v) is 3.62. The normalized spacial score (nSPS) is 17.1. The van der Waals surface area contributed by atoms with Crippen molar-refractivity contribution in [3.8, 4) is 0 Å². The second-order valence-corrected chi connectivity index (χ2v) is 5.33. The fourth-order valence-corrected chi connectivity index (χ4v) is 2.43. The minimum atomic E-state index is 0.299. The smallest absolute Gasteiger partial charge is 0.222 e. The van der Waals surface area contributed by atoms with E-state index in [-0.39, 0.29) is 0 Å². The van der Waals surface area contributed by atoms with E-state index in [1.807, 2.05) is 4.90 Å². The molecule has 0 aromatic heterocycles. The number of hydrogen-bond acceptors (Lipinski definition) is 2. The van der Waals surface area contributed by atoms with E-state index < -0.39 is 0 Å². The Balaban J connectivity index is 2.11. The molecule has 18 heavy (non-hydrogen) atoms. The van der Waals surface area contributed by atoms with Crippen LogP contribution in [0.15, 0.2) is 0 Å². The van der Waals surface area contributed by atoms with Crippen LogP contribution in [0.5, 0.6) is 0 Å². The molecule has 106 valence electrons. The summed E-state index contributed by atoms with van der Waals surface area (Å²) < 4.78 is 5.60. The van der Waals surface area contributed by atoms with E-state index in [4.69, 9.17) is 16.3 Å². The van der Waals surface area contributed by atoms with Crippen molar-refractivity contribution in [3.05, 3.63) is 0 Å². The Bertz CT molecular complexity index is 228. The molecule has 0 spiro atoms. The van der Waals surface area contributed by atoms with Gasteiger partial charge in [-0.05, 0) is 19.3 Å². The molecule has 1 rings (SSSR count). The van der Waals surface area contributed by atoms with Crippen LogP contribution in [0.2, 0.25) is 0 Å². The van der Waals surface area contributed by atoms with E-state index in [2.05, 4.69) is 6.92 Å². The zero-order chi connectivity index (χ0) is 13.2. The van der Waals surface area contributed by atoms with Gasteiger partial charge in [0.15, 0.2) is 0 Å². The van der Waals surface area contributed by atoms with Gasteiger partial charge in [0, 0.05) is 25.4 Å². The van der Waals surface area contributed by atoms with Crippen LogP contribution in [0.4, 0.5) is 0 Å². The van der Waals surface area contributed by atoms with Gasteiger partial charge in [-0.2, -0.15) is 0 Å². The summed E-state index contributed by atoms with van der Waals surface area (Å²) in [6.07, 6.45) is 7.60. The van der Waals surface area contributed by atoms with Crippen molar-refractivity contribution in [1.29, 1.82) is 0 Å². The molecule has 0 bridgehead atoms. The number of carbonyl (C=O) groups excluding carboxylic acids is 1. The van der Waals surface area contributed by atoms with Gasteiger partial charge in [-0.1, -0.05) is 26.2 Å². The predicted molar refractivity (Wildman–Crippen MR) is 75.0 cm³/mol. The molecule has 1 aliphatic heterocycles. The number of hydrogen-bond donors (Lipinski definition) is 0. The van der Waals surface area contributed by atoms with Crippen molar-refractivity contribution in [2.24, 2.45) is 0 Å². The van der Waals surface area contributed by atoms with E-state index in [1.54, 1.807) is 0 Å². The molecular formula is C14H26ClNO2. The number of unbranched alkanes of at least 4 members (excludes halogenated alkanes) is 3. The molecule has 1 aliphatic rings. The second kappa shape index (κ2) is 9.62. The van der Waals surface area contributed by atoms with Crippen LogP contribution in [0.25, 0.3) is 0 Å². The lowest BCUT2D eigenvalue weighted by Crippen LogP contribution is -2.40. The Morgan fingerprint density at radius 3 is 2.61 bits per heavy atom. The van der Waals surface area contributed by atoms with Gasteiger partial charge < -0.3 is 9.64 Å². The molecule has 0 saturated carbocycles. The van der Waals surface area contributed by atoms with Crippen molar-refractivity contribution in [3.63, 3.8) is 0 Å². The average Bonchev–Trinajstić information content (AvgIpc) is 2.41. The zero-order valence-electron chi connectivity index (χ0n) is 11.5. The van der Waals surface area contributed by atoms with E-state index in [1.165, 1.54) is 19.3 Å². The van der Waals surface area contributed by atoms with E-state index >= 15 is 0 Å². The van der Waals surface area contributed by atoms with Crippen LogP contribution in [0, 0.1) is 0 Å². The van der Waals surface area contributed by atoms with Crippen molar-refractivity contribution in [2.75, 3.05) is 25.6 Å². The van der Waals surface area contributed by atoms with Gasteiger partial charge in [0.2, 0.25) is 5.91 Å². The highest BCUT2D eigenvalue weighted by Crippen LogP contribution is 2.15. The van der Waals surface area contributed by atoms with E-state index in [9.17, 15) is 4.79 Å². The summed E-state index contributed by atoms with van der Waals surface area (Å²) in [6.45, 7) is 4.50. The van der Waals surface area contributed by atoms with Crippen molar-refractivity contribution < 1.29 is 9.53 Å². The maximum Gasteiger partial charge on any atom is 0.222 e. The number of amides is 1. The Morgan fingerprint density at radius 2 is 2.00 bits per heavy atom. The Kier molecular flexibility index (Phi) is 8.44. The molecule has 1 saturated heterocycles. The fraction of sp³-hybridized carbons (Fsp3) is 0.929. The maximum atomic E-state index is 11.9. The number of halogens is 1. The Labute approximate surface area is 116 Å². The quantitative estimate of drug-likeness (QED) is 0.503. The minimum absolute atomic E-state index is 0.299. The number of carbonyl (C=O) groups is 1. The van der Waals surface area contributed by atoms with Crippen LogP contribution >= 0.6 is 11.6 Å². The zero-order valence-corrected chi connectivity index (χ0v) is 12.3. The first-order chi connectivity index (χ1) is 8.77. The van der Waals surface area contributed by atoms with Gasteiger partial charge >= 0.3 is 0 Å². The maximum absolute atomic E-state index is 11.9. The predicted octanol–water partition coefficient (Wildman–Crippen LogP) is 3.20. The molecule has 0 aliphatic carbocycles. The van der Waals surface area contributed by atoms with Crippen molar-refractivity contribution in [2.45, 2.75) is 58.0 Å². The highest BCUT2D eigenvalue weighted by Gasteiger charge is 2.22. The number of nitrogens with zero attached hydrogens (tertiary/aromatic N) is 1. The molecule has 0 N–H and O–H groups in total. The van der Waals surface area contributed by atoms with Gasteiger partial charge in [-0.25, -0.2) is 0 Å². The lowest BCUT2D eigenvalue weighted by atomic mass is 10.1. The first kappa shape index (κ1) is 15.8. The first-order valence-corrected chi connectivity index (χ1v) is 7.76. The Morgan fingerprint density at radius 1 is 1.28 bits per heavy atom.